The van der Waals surface area contributed by atoms with Crippen LogP contribution in [0.2, 0.25) is 0 Å². The molecule has 14 nitrogen and oxygen atoms in total. The molecular weight excluding hydrogens is 500 g/mol. The molecule has 0 amide bonds. The van der Waals surface area contributed by atoms with Crippen LogP contribution >= 0.6 is 0 Å². The zero-order valence-corrected chi connectivity index (χ0v) is 21.8. The van der Waals surface area contributed by atoms with Crippen LogP contribution in [0.15, 0.2) is 0 Å². The maximum absolute atomic E-state index is 10.1. The number of carbonyl (C=O) groups is 1. The third-order valence-corrected chi connectivity index (χ3v) is 4.04. The summed E-state index contributed by atoms with van der Waals surface area (Å²) >= 11 is 0. The summed E-state index contributed by atoms with van der Waals surface area (Å²) in [5.41, 5.74) is 0. The number of ether oxygens (including phenoxy) is 11. The number of rotatable bonds is 32. The van der Waals surface area contributed by atoms with Crippen LogP contribution in [-0.4, -0.2) is 162 Å². The zero-order chi connectivity index (χ0) is 26.9. The predicted octanol–water partition coefficient (Wildman–Crippen LogP) is -0.161. The molecule has 0 aromatic carbocycles. The van der Waals surface area contributed by atoms with E-state index in [0.717, 1.165) is 0 Å². The van der Waals surface area contributed by atoms with Gasteiger partial charge in [0, 0.05) is 0 Å². The van der Waals surface area contributed by atoms with E-state index in [-0.39, 0.29) is 19.8 Å². The lowest BCUT2D eigenvalue weighted by atomic mass is 10.6. The number of hydrogen-bond donors (Lipinski definition) is 2. The lowest BCUT2D eigenvalue weighted by molar-refractivity contribution is -0.0274. The Morgan fingerprint density at radius 1 is 0.351 bits per heavy atom. The fourth-order valence-electron chi connectivity index (χ4n) is 2.33. The molecule has 0 radical (unpaired) electrons. The lowest BCUT2D eigenvalue weighted by Crippen LogP contribution is -2.15. The van der Waals surface area contributed by atoms with Gasteiger partial charge in [-0.25, -0.2) is 4.79 Å². The summed E-state index contributed by atoms with van der Waals surface area (Å²) in [5.74, 6) is 0. The van der Waals surface area contributed by atoms with E-state index in [4.69, 9.17) is 57.6 Å². The summed E-state index contributed by atoms with van der Waals surface area (Å²) in [6.45, 7) is 9.03. The van der Waals surface area contributed by atoms with E-state index in [9.17, 15) is 4.79 Å². The Bertz CT molecular complexity index is 444. The van der Waals surface area contributed by atoms with Crippen LogP contribution in [0.4, 0.5) is 4.79 Å². The van der Waals surface area contributed by atoms with Crippen LogP contribution in [0.5, 0.6) is 0 Å². The molecule has 0 aromatic rings. The summed E-state index contributed by atoms with van der Waals surface area (Å²) < 4.78 is 57.5. The van der Waals surface area contributed by atoms with Crippen molar-refractivity contribution in [3.05, 3.63) is 0 Å². The molecule has 14 heteroatoms. The molecule has 37 heavy (non-hydrogen) atoms. The average molecular weight is 547 g/mol. The first-order chi connectivity index (χ1) is 18.3. The fraction of sp³-hybridized carbons (Fsp3) is 0.957. The standard InChI is InChI=1S/C23H46O14/c24-1-2-27-3-4-28-5-6-29-7-8-30-9-10-31-11-12-32-13-14-33-15-16-34-17-18-35-19-20-36-21-22-37-23(25)26/h24H,1-22H2,(H,25,26). The molecular formula is C23H46O14. The van der Waals surface area contributed by atoms with Gasteiger partial charge in [-0.15, -0.1) is 0 Å². The first-order valence-corrected chi connectivity index (χ1v) is 12.5. The van der Waals surface area contributed by atoms with Crippen molar-refractivity contribution in [2.45, 2.75) is 0 Å². The van der Waals surface area contributed by atoms with Crippen LogP contribution in [0.1, 0.15) is 0 Å². The van der Waals surface area contributed by atoms with Crippen molar-refractivity contribution in [3.63, 3.8) is 0 Å². The molecule has 0 saturated heterocycles. The van der Waals surface area contributed by atoms with E-state index in [1.807, 2.05) is 0 Å². The van der Waals surface area contributed by atoms with Gasteiger partial charge in [0.05, 0.1) is 139 Å². The molecule has 0 bridgehead atoms. The monoisotopic (exact) mass is 546 g/mol. The topological polar surface area (TPSA) is 159 Å². The number of hydrogen-bond acceptors (Lipinski definition) is 13. The van der Waals surface area contributed by atoms with Gasteiger partial charge in [0.25, 0.3) is 0 Å². The molecule has 0 atom stereocenters. The Labute approximate surface area is 219 Å². The first kappa shape index (κ1) is 35.8. The second kappa shape index (κ2) is 32.9. The number of carboxylic acid groups (broad SMARTS) is 1. The lowest BCUT2D eigenvalue weighted by Gasteiger charge is -2.09. The Kier molecular flexibility index (Phi) is 31.8. The number of aliphatic hydroxyl groups is 1. The van der Waals surface area contributed by atoms with Gasteiger partial charge in [0.2, 0.25) is 0 Å². The van der Waals surface area contributed by atoms with Crippen molar-refractivity contribution < 1.29 is 67.1 Å². The molecule has 0 rings (SSSR count). The number of aliphatic hydroxyl groups excluding tert-OH is 1. The van der Waals surface area contributed by atoms with Crippen LogP contribution in [0.3, 0.4) is 0 Å². The van der Waals surface area contributed by atoms with Crippen molar-refractivity contribution in [3.8, 4) is 0 Å². The van der Waals surface area contributed by atoms with Crippen LogP contribution < -0.4 is 0 Å². The first-order valence-electron chi connectivity index (χ1n) is 12.5. The second-order valence-electron chi connectivity index (χ2n) is 6.96. The van der Waals surface area contributed by atoms with E-state index in [0.29, 0.717) is 126 Å². The quantitative estimate of drug-likeness (QED) is 0.0846. The minimum absolute atomic E-state index is 0.00796. The van der Waals surface area contributed by atoms with Crippen molar-refractivity contribution in [2.75, 3.05) is 145 Å². The molecule has 0 heterocycles. The highest BCUT2D eigenvalue weighted by Crippen LogP contribution is 1.87. The van der Waals surface area contributed by atoms with E-state index in [2.05, 4.69) is 4.74 Å². The van der Waals surface area contributed by atoms with Gasteiger partial charge in [0.15, 0.2) is 0 Å². The zero-order valence-electron chi connectivity index (χ0n) is 21.8. The summed E-state index contributed by atoms with van der Waals surface area (Å²) in [5, 5.41) is 16.8. The smallest absolute Gasteiger partial charge is 0.450 e. The van der Waals surface area contributed by atoms with Gasteiger partial charge < -0.3 is 62.3 Å². The summed E-state index contributed by atoms with van der Waals surface area (Å²) in [6, 6.07) is 0. The van der Waals surface area contributed by atoms with Gasteiger partial charge in [-0.05, 0) is 0 Å². The van der Waals surface area contributed by atoms with E-state index >= 15 is 0 Å². The van der Waals surface area contributed by atoms with Crippen molar-refractivity contribution in [1.29, 1.82) is 0 Å². The third-order valence-electron chi connectivity index (χ3n) is 4.04. The Hall–Kier alpha value is -1.17. The highest BCUT2D eigenvalue weighted by molar-refractivity contribution is 5.56. The minimum atomic E-state index is -1.31. The van der Waals surface area contributed by atoms with Crippen molar-refractivity contribution in [1.82, 2.24) is 0 Å². The molecule has 222 valence electrons. The fourth-order valence-corrected chi connectivity index (χ4v) is 2.33. The summed E-state index contributed by atoms with van der Waals surface area (Å²) in [6.07, 6.45) is -1.31. The van der Waals surface area contributed by atoms with Gasteiger partial charge >= 0.3 is 6.16 Å². The Morgan fingerprint density at radius 2 is 0.541 bits per heavy atom. The van der Waals surface area contributed by atoms with E-state index in [1.165, 1.54) is 0 Å². The minimum Gasteiger partial charge on any atom is -0.450 e. The maximum atomic E-state index is 10.1. The van der Waals surface area contributed by atoms with Gasteiger partial charge in [-0.3, -0.25) is 0 Å². The van der Waals surface area contributed by atoms with Gasteiger partial charge in [-0.1, -0.05) is 0 Å². The highest BCUT2D eigenvalue weighted by atomic mass is 16.7. The van der Waals surface area contributed by atoms with Gasteiger partial charge in [0.1, 0.15) is 6.61 Å². The molecule has 0 aliphatic carbocycles. The molecule has 0 aliphatic rings. The van der Waals surface area contributed by atoms with Crippen molar-refractivity contribution in [2.24, 2.45) is 0 Å². The maximum Gasteiger partial charge on any atom is 0.505 e. The molecule has 0 aliphatic heterocycles. The third kappa shape index (κ3) is 34.8. The van der Waals surface area contributed by atoms with Crippen LogP contribution in [0, 0.1) is 0 Å². The predicted molar refractivity (Wildman–Crippen MR) is 129 cm³/mol. The van der Waals surface area contributed by atoms with Crippen LogP contribution in [-0.2, 0) is 52.1 Å². The molecule has 0 fully saturated rings. The Morgan fingerprint density at radius 3 is 0.730 bits per heavy atom. The normalized spacial score (nSPS) is 11.3. The van der Waals surface area contributed by atoms with E-state index < -0.39 is 6.16 Å². The SMILES string of the molecule is O=C(O)OCCOCCOCCOCCOCCOCCOCCOCCOCCOCCOCCO. The summed E-state index contributed by atoms with van der Waals surface area (Å²) in [7, 11) is 0. The molecule has 0 spiro atoms. The largest absolute Gasteiger partial charge is 0.505 e. The Balaban J connectivity index is 3.02. The van der Waals surface area contributed by atoms with Crippen molar-refractivity contribution >= 4 is 6.16 Å². The average Bonchev–Trinajstić information content (AvgIpc) is 2.89. The molecule has 2 N–H and O–H groups in total. The summed E-state index contributed by atoms with van der Waals surface area (Å²) in [4.78, 5) is 10.1. The molecule has 0 aromatic heterocycles. The highest BCUT2D eigenvalue weighted by Gasteiger charge is 1.97. The molecule has 0 saturated carbocycles. The van der Waals surface area contributed by atoms with Gasteiger partial charge in [-0.2, -0.15) is 0 Å². The second-order valence-corrected chi connectivity index (χ2v) is 6.96. The molecule has 0 unspecified atom stereocenters. The van der Waals surface area contributed by atoms with E-state index in [1.54, 1.807) is 0 Å². The van der Waals surface area contributed by atoms with Crippen LogP contribution in [0.25, 0.3) is 0 Å².